The summed E-state index contributed by atoms with van der Waals surface area (Å²) in [5.41, 5.74) is 1.38. The number of benzene rings is 1. The van der Waals surface area contributed by atoms with Crippen molar-refractivity contribution in [1.29, 1.82) is 0 Å². The summed E-state index contributed by atoms with van der Waals surface area (Å²) >= 11 is 0. The first-order valence-electron chi connectivity index (χ1n) is 15.8. The predicted octanol–water partition coefficient (Wildman–Crippen LogP) is 4.78. The zero-order chi connectivity index (χ0) is 34.1. The SMILES string of the molecule is [2H]C([2H])([2H])N(C(=O)OC(C)(C)C)[C@@H](C)C(=O)N[C@H](C(=O)N1CCC[C@H]1c1cncc(-n2ccc3c(C(=O)O)cccc32)c1)C(C)C. The van der Waals surface area contributed by atoms with E-state index in [-0.39, 0.29) is 23.4 Å². The fourth-order valence-electron chi connectivity index (χ4n) is 5.27. The van der Waals surface area contributed by atoms with Crippen LogP contribution < -0.4 is 5.32 Å². The van der Waals surface area contributed by atoms with Gasteiger partial charge in [0.15, 0.2) is 0 Å². The van der Waals surface area contributed by atoms with Gasteiger partial charge in [-0.3, -0.25) is 19.5 Å². The van der Waals surface area contributed by atoms with E-state index in [2.05, 4.69) is 10.3 Å². The highest BCUT2D eigenvalue weighted by molar-refractivity contribution is 6.03. The number of pyridine rings is 1. The van der Waals surface area contributed by atoms with Gasteiger partial charge < -0.3 is 24.6 Å². The van der Waals surface area contributed by atoms with Crippen LogP contribution >= 0.6 is 0 Å². The first-order chi connectivity index (χ1) is 21.4. The molecule has 0 saturated carbocycles. The number of amides is 3. The maximum Gasteiger partial charge on any atom is 0.410 e. The van der Waals surface area contributed by atoms with Crippen molar-refractivity contribution in [2.24, 2.45) is 5.92 Å². The zero-order valence-electron chi connectivity index (χ0n) is 28.3. The molecule has 11 nitrogen and oxygen atoms in total. The molecule has 2 N–H and O–H groups in total. The first-order valence-corrected chi connectivity index (χ1v) is 14.3. The fourth-order valence-corrected chi connectivity index (χ4v) is 5.27. The number of aromatic carboxylic acids is 1. The third-order valence-electron chi connectivity index (χ3n) is 7.49. The van der Waals surface area contributed by atoms with E-state index >= 15 is 0 Å². The Morgan fingerprint density at radius 1 is 1.16 bits per heavy atom. The van der Waals surface area contributed by atoms with Crippen LogP contribution in [0.1, 0.15) is 80.5 Å². The number of hydrogen-bond donors (Lipinski definition) is 2. The second-order valence-corrected chi connectivity index (χ2v) is 12.2. The van der Waals surface area contributed by atoms with Crippen molar-refractivity contribution in [3.63, 3.8) is 0 Å². The molecule has 43 heavy (non-hydrogen) atoms. The van der Waals surface area contributed by atoms with E-state index in [1.165, 1.54) is 6.92 Å². The largest absolute Gasteiger partial charge is 0.478 e. The number of carbonyl (C=O) groups is 4. The molecule has 230 valence electrons. The lowest BCUT2D eigenvalue weighted by molar-refractivity contribution is -0.139. The Balaban J connectivity index is 1.57. The Morgan fingerprint density at radius 3 is 2.56 bits per heavy atom. The lowest BCUT2D eigenvalue weighted by atomic mass is 10.00. The Labute approximate surface area is 256 Å². The number of fused-ring (bicyclic) bond motifs is 1. The summed E-state index contributed by atoms with van der Waals surface area (Å²) in [5.74, 6) is -2.51. The number of carboxylic acids is 1. The maximum atomic E-state index is 14.0. The molecule has 1 saturated heterocycles. The van der Waals surface area contributed by atoms with Gasteiger partial charge in [0.25, 0.3) is 0 Å². The van der Waals surface area contributed by atoms with Crippen LogP contribution in [0.15, 0.2) is 48.9 Å². The number of aromatic nitrogens is 2. The summed E-state index contributed by atoms with van der Waals surface area (Å²) in [6.45, 7) is 7.09. The van der Waals surface area contributed by atoms with E-state index < -0.39 is 42.6 Å². The van der Waals surface area contributed by atoms with E-state index in [4.69, 9.17) is 8.85 Å². The van der Waals surface area contributed by atoms with Gasteiger partial charge in [0.2, 0.25) is 11.8 Å². The van der Waals surface area contributed by atoms with Crippen molar-refractivity contribution in [3.05, 3.63) is 60.0 Å². The molecule has 1 aromatic carbocycles. The van der Waals surface area contributed by atoms with E-state index in [9.17, 15) is 24.3 Å². The third-order valence-corrected chi connectivity index (χ3v) is 7.49. The van der Waals surface area contributed by atoms with Crippen LogP contribution in [0.4, 0.5) is 4.79 Å². The Morgan fingerprint density at radius 2 is 1.91 bits per heavy atom. The molecule has 0 spiro atoms. The van der Waals surface area contributed by atoms with Gasteiger partial charge in [-0.2, -0.15) is 0 Å². The Bertz CT molecular complexity index is 1630. The van der Waals surface area contributed by atoms with Gasteiger partial charge in [0.1, 0.15) is 17.7 Å². The van der Waals surface area contributed by atoms with E-state index in [0.717, 1.165) is 12.0 Å². The minimum absolute atomic E-state index is 0.192. The normalized spacial score (nSPS) is 18.0. The predicted molar refractivity (Wildman–Crippen MR) is 162 cm³/mol. The molecule has 3 atom stereocenters. The number of likely N-dealkylation sites (N-methyl/N-ethyl adjacent to an activating group) is 1. The van der Waals surface area contributed by atoms with Gasteiger partial charge in [0.05, 0.1) is 29.0 Å². The number of hydrogen-bond acceptors (Lipinski definition) is 6. The summed E-state index contributed by atoms with van der Waals surface area (Å²) in [7, 11) is 0. The minimum Gasteiger partial charge on any atom is -0.478 e. The number of ether oxygens (including phenoxy) is 1. The topological polar surface area (TPSA) is 134 Å². The number of nitrogens with one attached hydrogen (secondary N) is 1. The molecule has 0 unspecified atom stereocenters. The molecule has 1 aliphatic rings. The van der Waals surface area contributed by atoms with Gasteiger partial charge in [-0.15, -0.1) is 0 Å². The number of carboxylic acid groups (broad SMARTS) is 1. The zero-order valence-corrected chi connectivity index (χ0v) is 25.3. The number of carbonyl (C=O) groups excluding carboxylic acids is 3. The molecule has 2 aromatic heterocycles. The van der Waals surface area contributed by atoms with E-state index in [1.807, 2.05) is 16.7 Å². The monoisotopic (exact) mass is 594 g/mol. The van der Waals surface area contributed by atoms with Crippen molar-refractivity contribution in [1.82, 2.24) is 24.7 Å². The second-order valence-electron chi connectivity index (χ2n) is 12.2. The number of rotatable bonds is 8. The van der Waals surface area contributed by atoms with Crippen LogP contribution in [0.2, 0.25) is 0 Å². The van der Waals surface area contributed by atoms with Gasteiger partial charge in [-0.25, -0.2) is 9.59 Å². The molecular weight excluding hydrogens is 550 g/mol. The molecule has 1 fully saturated rings. The molecule has 1 aliphatic heterocycles. The average molecular weight is 595 g/mol. The smallest absolute Gasteiger partial charge is 0.410 e. The highest BCUT2D eigenvalue weighted by atomic mass is 16.6. The van der Waals surface area contributed by atoms with E-state index in [0.29, 0.717) is 34.5 Å². The quantitative estimate of drug-likeness (QED) is 0.383. The van der Waals surface area contributed by atoms with Crippen LogP contribution in [0.3, 0.4) is 0 Å². The van der Waals surface area contributed by atoms with E-state index in [1.54, 1.807) is 76.3 Å². The molecule has 0 bridgehead atoms. The summed E-state index contributed by atoms with van der Waals surface area (Å²) in [6, 6.07) is 5.92. The van der Waals surface area contributed by atoms with Crippen molar-refractivity contribution >= 4 is 34.8 Å². The molecular formula is C32H41N5O6. The molecule has 11 heteroatoms. The van der Waals surface area contributed by atoms with Gasteiger partial charge in [0, 0.05) is 35.4 Å². The Kier molecular flexibility index (Phi) is 7.94. The maximum absolute atomic E-state index is 14.0. The minimum atomic E-state index is -2.96. The van der Waals surface area contributed by atoms with Crippen LogP contribution in [0.25, 0.3) is 16.6 Å². The average Bonchev–Trinajstić information content (AvgIpc) is 3.61. The summed E-state index contributed by atoms with van der Waals surface area (Å²) < 4.78 is 30.7. The van der Waals surface area contributed by atoms with Crippen molar-refractivity contribution in [2.45, 2.75) is 78.1 Å². The Hall–Kier alpha value is -4.41. The van der Waals surface area contributed by atoms with Crippen molar-refractivity contribution < 1.29 is 33.1 Å². The third kappa shape index (κ3) is 6.81. The number of likely N-dealkylation sites (tertiary alicyclic amines) is 1. The second kappa shape index (κ2) is 12.4. The number of nitrogens with zero attached hydrogens (tertiary/aromatic N) is 4. The van der Waals surface area contributed by atoms with Gasteiger partial charge in [-0.05, 0) is 76.3 Å². The first kappa shape index (κ1) is 27.4. The van der Waals surface area contributed by atoms with Crippen LogP contribution in [0, 0.1) is 5.92 Å². The van der Waals surface area contributed by atoms with Gasteiger partial charge >= 0.3 is 12.1 Å². The summed E-state index contributed by atoms with van der Waals surface area (Å²) in [5, 5.41) is 12.9. The van der Waals surface area contributed by atoms with Crippen LogP contribution in [0.5, 0.6) is 0 Å². The summed E-state index contributed by atoms with van der Waals surface area (Å²) in [6.07, 6.45) is 5.35. The summed E-state index contributed by atoms with van der Waals surface area (Å²) in [4.78, 5) is 58.5. The molecule has 0 radical (unpaired) electrons. The lowest BCUT2D eigenvalue weighted by Gasteiger charge is -2.33. The lowest BCUT2D eigenvalue weighted by Crippen LogP contribution is -2.55. The van der Waals surface area contributed by atoms with Crippen LogP contribution in [-0.4, -0.2) is 79.5 Å². The standard InChI is InChI=1S/C32H41N5O6/c1-19(2)27(34-28(38)20(3)35(7)31(42)43-32(4,5)6)29(39)37-14-9-12-25(37)21-16-22(18-33-17-21)36-15-13-23-24(30(40)41)10-8-11-26(23)36/h8,10-11,13,15-20,25,27H,9,12,14H2,1-7H3,(H,34,38)(H,40,41)/t20-,25-,27-/m0/s1/i7D3. The fraction of sp³-hybridized carbons (Fsp3) is 0.469. The van der Waals surface area contributed by atoms with Crippen molar-refractivity contribution in [3.8, 4) is 5.69 Å². The molecule has 3 amide bonds. The highest BCUT2D eigenvalue weighted by Gasteiger charge is 2.37. The molecule has 3 heterocycles. The highest BCUT2D eigenvalue weighted by Crippen LogP contribution is 2.34. The van der Waals surface area contributed by atoms with Crippen molar-refractivity contribution in [2.75, 3.05) is 13.5 Å². The van der Waals surface area contributed by atoms with Crippen LogP contribution in [-0.2, 0) is 14.3 Å². The van der Waals surface area contributed by atoms with Gasteiger partial charge in [-0.1, -0.05) is 19.9 Å². The molecule has 3 aromatic rings. The molecule has 0 aliphatic carbocycles. The molecule has 4 rings (SSSR count).